The molecule has 4 aliphatic heterocycles. The number of ether oxygens (including phenoxy) is 5. The normalized spacial score (nSPS) is 21.0. The Hall–Kier alpha value is -9.42. The van der Waals surface area contributed by atoms with Gasteiger partial charge in [-0.1, -0.05) is 74.4 Å². The van der Waals surface area contributed by atoms with Crippen molar-refractivity contribution in [1.29, 1.82) is 0 Å². The maximum atomic E-state index is 15.4. The second-order valence-corrected chi connectivity index (χ2v) is 40.2. The van der Waals surface area contributed by atoms with E-state index >= 15 is 8.78 Å². The van der Waals surface area contributed by atoms with Gasteiger partial charge in [-0.3, -0.25) is 49.2 Å². The fourth-order valence-corrected chi connectivity index (χ4v) is 17.3. The molecule has 14 rings (SSSR count). The van der Waals surface area contributed by atoms with Gasteiger partial charge in [0.25, 0.3) is 6.47 Å². The molecule has 7 aliphatic rings. The molecule has 736 valence electrons. The first-order valence-electron chi connectivity index (χ1n) is 44.9. The van der Waals surface area contributed by atoms with Crippen LogP contribution in [0.25, 0.3) is 0 Å². The van der Waals surface area contributed by atoms with Crippen LogP contribution >= 0.6 is 24.0 Å². The van der Waals surface area contributed by atoms with Gasteiger partial charge in [0.05, 0.1) is 91.0 Å². The number of hydrogen-bond acceptors (Lipinski definition) is 24. The molecule has 4 aromatic heterocycles. The molecule has 0 bridgehead atoms. The summed E-state index contributed by atoms with van der Waals surface area (Å²) in [5, 5.41) is 40.9. The first-order chi connectivity index (χ1) is 63.5. The topological polar surface area (TPSA) is 458 Å². The van der Waals surface area contributed by atoms with E-state index in [-0.39, 0.29) is 147 Å². The molecule has 33 nitrogen and oxygen atoms in total. The van der Waals surface area contributed by atoms with Crippen molar-refractivity contribution in [3.8, 4) is 0 Å². The van der Waals surface area contributed by atoms with E-state index in [4.69, 9.17) is 67.0 Å². The van der Waals surface area contributed by atoms with Crippen LogP contribution in [0.3, 0.4) is 0 Å². The maximum absolute atomic E-state index is 15.4. The van der Waals surface area contributed by atoms with Crippen molar-refractivity contribution in [1.82, 2.24) is 44.7 Å². The molecule has 3 unspecified atom stereocenters. The number of amides is 7. The number of aromatic nitrogens is 4. The number of nitrogens with zero attached hydrogens (tertiary/aromatic N) is 7. The summed E-state index contributed by atoms with van der Waals surface area (Å²) in [6.45, 7) is 17.0. The number of rotatable bonds is 30. The molecule has 8 heterocycles. The molecule has 12 N–H and O–H groups in total. The monoisotopic (exact) mass is 1960 g/mol. The van der Waals surface area contributed by atoms with Gasteiger partial charge in [0.2, 0.25) is 17.7 Å². The second-order valence-electron chi connectivity index (χ2n) is 37.8. The summed E-state index contributed by atoms with van der Waals surface area (Å²) in [5.74, 6) is -2.07. The van der Waals surface area contributed by atoms with Crippen LogP contribution < -0.4 is 77.6 Å². The third-order valence-electron chi connectivity index (χ3n) is 24.4. The van der Waals surface area contributed by atoms with Crippen LogP contribution in [-0.4, -0.2) is 210 Å². The summed E-state index contributed by atoms with van der Waals surface area (Å²) in [6, 6.07) is 26.5. The Kier molecular flexibility index (Phi) is 41.5. The third kappa shape index (κ3) is 31.5. The van der Waals surface area contributed by atoms with Crippen LogP contribution in [0.2, 0.25) is 5.02 Å². The zero-order chi connectivity index (χ0) is 97.6. The number of pyridine rings is 4. The molecular weight excluding hydrogens is 1830 g/mol. The minimum Gasteiger partial charge on any atom is -0.662 e. The maximum Gasteiger partial charge on any atom is 1.00 e. The number of halogens is 5. The van der Waals surface area contributed by atoms with Gasteiger partial charge >= 0.3 is 53.7 Å². The first-order valence-corrected chi connectivity index (χ1v) is 46.5. The van der Waals surface area contributed by atoms with E-state index in [2.05, 4.69) is 56.1 Å². The number of aliphatic hydroxyl groups excluding tert-OH is 1. The summed E-state index contributed by atoms with van der Waals surface area (Å²) in [7, 11) is 3.17. The summed E-state index contributed by atoms with van der Waals surface area (Å²) in [6.07, 6.45) is 21.2. The third-order valence-corrected chi connectivity index (χ3v) is 26.3. The molecule has 7 aromatic rings. The molecule has 136 heavy (non-hydrogen) atoms. The Labute approximate surface area is 827 Å². The zero-order valence-electron chi connectivity index (χ0n) is 79.2. The number of anilines is 4. The summed E-state index contributed by atoms with van der Waals surface area (Å²) >= 11 is 5.88. The fourth-order valence-electron chi connectivity index (χ4n) is 16.3. The molecule has 12 atom stereocenters. The van der Waals surface area contributed by atoms with Crippen LogP contribution in [0.1, 0.15) is 199 Å². The molecule has 3 aliphatic carbocycles. The summed E-state index contributed by atoms with van der Waals surface area (Å²) in [5.41, 5.74) is 14.5. The Morgan fingerprint density at radius 3 is 1.40 bits per heavy atom. The smallest absolute Gasteiger partial charge is 0.662 e. The van der Waals surface area contributed by atoms with Gasteiger partial charge in [-0.05, 0) is 244 Å². The largest absolute Gasteiger partial charge is 1.00 e. The first kappa shape index (κ1) is 112. The second kappa shape index (κ2) is 50.4. The predicted molar refractivity (Wildman–Crippen MR) is 503 cm³/mol. The quantitative estimate of drug-likeness (QED) is 0.00865. The standard InChI is InChI=1S/C32H45FN4O5S.C29H32ClFN6O3.C23H29FN4O2.C11H19NO5.CH2O3.ClH.Na/c1-30(2,3)42-29(39)37-20-23(41-7)19-26(37)28(38)35-25-18-22(13-14-24(25)33)32(16-15-21-11-12-21,27-10-8-9-17-34-27)36-43(40)31(4,5)6;1-40-22-15-25(37(17-22)28(39)36-26-7-5-21(30)16-34-26)27(38)35-24-14-20(4-6-23(24)31)29(32,11-8-18-2-3-18)19-9-12-33-13-10-19;1-30-18-13-21(27-14-18)22(29)28-20-12-17(4-5-19(20)24)23(25,9-6-15-2-3-15)16-7-10-26-11-8-16;1-11(2,3)17-10(16)12-5-7(6-13)4-8(12)9(14)15;2-1-4-3;;/h8-10,13-14,17-18,21,23,26,36H,11-12,15-16,19-20H2,1-7H3,(H,35,38);4-7,9-10,12-14,16,18,22,25H,2-3,8,11,15,17,32H2,1H3,(H,35,38)(H,34,36,39);4-5,7-8,10-12,15,18,21,27H,2-3,6,9,13-14,25H2,1H3,(H,28,29);7-8,13H,4-6H2,1-3H3,(H,14,15);1,3H;1H;/q;;;;;;+1/p-1/t23-,26-,32?,43-;22-,25-,29?;18-,21-,23?;7-,8-;;;/m1111.../s1. The van der Waals surface area contributed by atoms with Gasteiger partial charge in [-0.15, -0.1) is 12.4 Å². The Balaban J connectivity index is 0.000000227. The molecular formula is C96H127Cl2F3N15NaO18S. The van der Waals surface area contributed by atoms with E-state index in [1.165, 1.54) is 79.0 Å². The predicted octanol–water partition coefficient (Wildman–Crippen LogP) is 10.1. The average Bonchev–Trinajstić information content (AvgIpc) is 1.38. The van der Waals surface area contributed by atoms with Crippen molar-refractivity contribution in [2.75, 3.05) is 75.4 Å². The summed E-state index contributed by atoms with van der Waals surface area (Å²) in [4.78, 5) is 121. The van der Waals surface area contributed by atoms with Crippen LogP contribution in [0.5, 0.6) is 0 Å². The molecule has 0 spiro atoms. The molecule has 0 radical (unpaired) electrons. The number of nitrogens with two attached hydrogens (primary N) is 2. The van der Waals surface area contributed by atoms with E-state index in [1.54, 1.807) is 128 Å². The molecule has 3 aromatic carbocycles. The van der Waals surface area contributed by atoms with E-state index < -0.39 is 121 Å². The number of carboxylic acids is 1. The SMILES string of the molecule is CC(C)(C)OC(=O)N1C[C@H](CO)C[C@@H]1C(=O)O.CO[C@@H]1C[C@H](C(=O)Nc2cc(C(CCC3CC3)(N[S@](=O)C(C)(C)C)c3ccccn3)ccc2F)N(C(=O)OC(C)(C)C)C1.CO[C@@H]1C[C@H](C(=O)Nc2cc(C(N)(CCC3CC3)c3ccncc3)ccc2F)N(C(=O)Nc2ccc(Cl)cn2)C1.CO[C@H]1CN[C@@H](C(=O)Nc2cc(C(N)(CCC3CC3)c3ccncc3)ccc2F)C1.Cl.O=CO[O-].[Na+]. The number of benzene rings is 3. The number of aliphatic hydroxyl groups is 1. The fraction of sp³-hybridized carbons (Fsp3) is 0.521. The zero-order valence-corrected chi connectivity index (χ0v) is 83.6. The Bertz CT molecular complexity index is 5160. The van der Waals surface area contributed by atoms with Crippen LogP contribution in [0, 0.1) is 41.1 Å². The van der Waals surface area contributed by atoms with Crippen molar-refractivity contribution in [2.45, 2.75) is 240 Å². The van der Waals surface area contributed by atoms with Gasteiger partial charge in [0.1, 0.15) is 52.6 Å². The van der Waals surface area contributed by atoms with Gasteiger partial charge in [-0.25, -0.2) is 46.3 Å². The van der Waals surface area contributed by atoms with Gasteiger partial charge in [0.15, 0.2) is 0 Å². The average molecular weight is 1960 g/mol. The van der Waals surface area contributed by atoms with E-state index in [0.29, 0.717) is 59.5 Å². The number of carbonyl (C=O) groups excluding carboxylic acids is 7. The van der Waals surface area contributed by atoms with Gasteiger partial charge < -0.3 is 81.7 Å². The number of methoxy groups -OCH3 is 3. The van der Waals surface area contributed by atoms with Crippen LogP contribution in [0.4, 0.5) is 50.4 Å². The number of urea groups is 1. The van der Waals surface area contributed by atoms with E-state index in [1.807, 2.05) is 63.2 Å². The Morgan fingerprint density at radius 2 is 0.993 bits per heavy atom. The number of nitrogens with one attached hydrogen (secondary N) is 6. The number of aliphatic carboxylic acids is 1. The van der Waals surface area contributed by atoms with Gasteiger partial charge in [-0.2, -0.15) is 0 Å². The van der Waals surface area contributed by atoms with Crippen molar-refractivity contribution in [3.63, 3.8) is 0 Å². The van der Waals surface area contributed by atoms with Crippen LogP contribution in [-0.2, 0) is 80.1 Å². The molecule has 7 amide bonds. The van der Waals surface area contributed by atoms with Crippen LogP contribution in [0.15, 0.2) is 146 Å². The molecule has 4 saturated heterocycles. The van der Waals surface area contributed by atoms with Crippen molar-refractivity contribution >= 4 is 106 Å². The molecule has 40 heteroatoms. The van der Waals surface area contributed by atoms with Crippen molar-refractivity contribution < 1.29 is 129 Å². The number of carboxylic acid groups (broad SMARTS) is 1. The minimum absolute atomic E-state index is 0. The van der Waals surface area contributed by atoms with Crippen molar-refractivity contribution in [2.24, 2.45) is 35.1 Å². The van der Waals surface area contributed by atoms with Crippen molar-refractivity contribution in [3.05, 3.63) is 202 Å². The van der Waals surface area contributed by atoms with Gasteiger partial charge in [0, 0.05) is 104 Å². The van der Waals surface area contributed by atoms with E-state index in [9.17, 15) is 42.2 Å². The van der Waals surface area contributed by atoms with E-state index in [0.717, 1.165) is 61.1 Å². The number of hydrogen-bond donors (Lipinski definition) is 10. The number of carbonyl (C=O) groups is 8. The summed E-state index contributed by atoms with van der Waals surface area (Å²) < 4.78 is 88.3. The molecule has 3 saturated carbocycles. The number of likely N-dealkylation sites (tertiary alicyclic amines) is 3. The Morgan fingerprint density at radius 1 is 0.551 bits per heavy atom. The molecule has 7 fully saturated rings. The minimum atomic E-state index is -1.49.